The van der Waals surface area contributed by atoms with E-state index in [0.717, 1.165) is 47.1 Å². The van der Waals surface area contributed by atoms with Crippen molar-refractivity contribution in [2.45, 2.75) is 39.6 Å². The summed E-state index contributed by atoms with van der Waals surface area (Å²) in [6.07, 6.45) is 5.58. The number of hydrogen-bond acceptors (Lipinski definition) is 7. The Morgan fingerprint density at radius 3 is 2.96 bits per heavy atom. The summed E-state index contributed by atoms with van der Waals surface area (Å²) in [5.74, 6) is 2.52. The fourth-order valence-electron chi connectivity index (χ4n) is 3.61. The maximum absolute atomic E-state index is 5.77. The molecule has 0 fully saturated rings. The molecule has 0 amide bonds. The minimum atomic E-state index is 0.0843. The second-order valence-corrected chi connectivity index (χ2v) is 7.28. The van der Waals surface area contributed by atoms with Gasteiger partial charge in [0.05, 0.1) is 24.9 Å². The van der Waals surface area contributed by atoms with E-state index in [1.165, 1.54) is 0 Å². The zero-order chi connectivity index (χ0) is 19.1. The van der Waals surface area contributed by atoms with Crippen LogP contribution in [0.4, 0.5) is 5.82 Å². The highest BCUT2D eigenvalue weighted by atomic mass is 16.5. The first kappa shape index (κ1) is 16.9. The molecule has 2 aliphatic rings. The molecule has 2 aliphatic heterocycles. The lowest BCUT2D eigenvalue weighted by Crippen LogP contribution is -2.34. The van der Waals surface area contributed by atoms with E-state index in [1.807, 2.05) is 38.4 Å². The average Bonchev–Trinajstić information content (AvgIpc) is 3.33. The molecule has 3 aromatic heterocycles. The number of anilines is 1. The van der Waals surface area contributed by atoms with Crippen molar-refractivity contribution < 1.29 is 4.74 Å². The topological polar surface area (TPSA) is 81.3 Å². The first-order valence-corrected chi connectivity index (χ1v) is 9.46. The third-order valence-corrected chi connectivity index (χ3v) is 4.96. The highest BCUT2D eigenvalue weighted by Crippen LogP contribution is 2.27. The maximum Gasteiger partial charge on any atom is 0.214 e. The lowest BCUT2D eigenvalue weighted by molar-refractivity contribution is 0.232. The molecule has 0 saturated carbocycles. The summed E-state index contributed by atoms with van der Waals surface area (Å²) in [6, 6.07) is 6.10. The van der Waals surface area contributed by atoms with Gasteiger partial charge in [-0.25, -0.2) is 9.97 Å². The summed E-state index contributed by atoms with van der Waals surface area (Å²) in [7, 11) is 0. The van der Waals surface area contributed by atoms with Gasteiger partial charge >= 0.3 is 0 Å². The maximum atomic E-state index is 5.77. The number of nitrogens with zero attached hydrogens (tertiary/aromatic N) is 7. The van der Waals surface area contributed by atoms with Crippen molar-refractivity contribution >= 4 is 11.5 Å². The monoisotopic (exact) mass is 375 g/mol. The van der Waals surface area contributed by atoms with E-state index in [0.29, 0.717) is 19.0 Å². The van der Waals surface area contributed by atoms with Gasteiger partial charge < -0.3 is 14.2 Å². The van der Waals surface area contributed by atoms with Crippen LogP contribution in [-0.2, 0) is 19.6 Å². The van der Waals surface area contributed by atoms with Crippen LogP contribution in [0.5, 0.6) is 5.88 Å². The standard InChI is InChI=1S/C20H21N7O/c1-13(2)28-19-8-16-15(9-22-19)10-23-20(16)14-3-4-21-17(7-14)26-5-6-27-12-24-25-18(27)11-26/h3-4,7-9,12-13H,5-6,10-11H2,1-2H3. The van der Waals surface area contributed by atoms with Gasteiger partial charge in [-0.3, -0.25) is 4.99 Å². The van der Waals surface area contributed by atoms with E-state index in [9.17, 15) is 0 Å². The summed E-state index contributed by atoms with van der Waals surface area (Å²) in [5.41, 5.74) is 4.23. The molecular weight excluding hydrogens is 354 g/mol. The van der Waals surface area contributed by atoms with E-state index < -0.39 is 0 Å². The van der Waals surface area contributed by atoms with E-state index in [4.69, 9.17) is 9.73 Å². The molecule has 8 nitrogen and oxygen atoms in total. The van der Waals surface area contributed by atoms with Crippen LogP contribution in [0.25, 0.3) is 0 Å². The minimum absolute atomic E-state index is 0.0843. The van der Waals surface area contributed by atoms with Gasteiger partial charge in [0.25, 0.3) is 0 Å². The molecule has 142 valence electrons. The van der Waals surface area contributed by atoms with Crippen molar-refractivity contribution in [1.82, 2.24) is 24.7 Å². The molecule has 28 heavy (non-hydrogen) atoms. The molecule has 0 aliphatic carbocycles. The molecular formula is C20H21N7O. The van der Waals surface area contributed by atoms with Crippen molar-refractivity contribution in [2.75, 3.05) is 11.4 Å². The Balaban J connectivity index is 1.44. The van der Waals surface area contributed by atoms with Gasteiger partial charge in [-0.1, -0.05) is 0 Å². The van der Waals surface area contributed by atoms with Crippen LogP contribution in [0.15, 0.2) is 41.9 Å². The number of hydrogen-bond donors (Lipinski definition) is 0. The molecule has 0 atom stereocenters. The molecule has 8 heteroatoms. The molecule has 3 aromatic rings. The Labute approximate surface area is 162 Å². The Bertz CT molecular complexity index is 1060. The van der Waals surface area contributed by atoms with E-state index >= 15 is 0 Å². The number of fused-ring (bicyclic) bond motifs is 2. The first-order valence-electron chi connectivity index (χ1n) is 9.46. The van der Waals surface area contributed by atoms with Crippen molar-refractivity contribution in [3.63, 3.8) is 0 Å². The Kier molecular flexibility index (Phi) is 4.03. The van der Waals surface area contributed by atoms with Gasteiger partial charge in [-0.15, -0.1) is 10.2 Å². The first-order chi connectivity index (χ1) is 13.7. The van der Waals surface area contributed by atoms with E-state index in [-0.39, 0.29) is 6.10 Å². The zero-order valence-electron chi connectivity index (χ0n) is 15.9. The summed E-state index contributed by atoms with van der Waals surface area (Å²) in [4.78, 5) is 16.0. The molecule has 0 N–H and O–H groups in total. The third-order valence-electron chi connectivity index (χ3n) is 4.96. The third kappa shape index (κ3) is 3.00. The van der Waals surface area contributed by atoms with Crippen molar-refractivity contribution in [3.8, 4) is 5.88 Å². The number of aromatic nitrogens is 5. The number of aliphatic imine (C=N–C) groups is 1. The lowest BCUT2D eigenvalue weighted by Gasteiger charge is -2.28. The Morgan fingerprint density at radius 2 is 2.07 bits per heavy atom. The van der Waals surface area contributed by atoms with Gasteiger partial charge in [0.15, 0.2) is 5.82 Å². The summed E-state index contributed by atoms with van der Waals surface area (Å²) in [5, 5.41) is 8.19. The number of rotatable bonds is 4. The molecule has 0 bridgehead atoms. The lowest BCUT2D eigenvalue weighted by atomic mass is 10.0. The Morgan fingerprint density at radius 1 is 1.14 bits per heavy atom. The van der Waals surface area contributed by atoms with Crippen LogP contribution in [-0.4, -0.2) is 43.1 Å². The highest BCUT2D eigenvalue weighted by Gasteiger charge is 2.22. The quantitative estimate of drug-likeness (QED) is 0.696. The summed E-state index contributed by atoms with van der Waals surface area (Å²) in [6.45, 7) is 7.08. The molecule has 0 unspecified atom stereocenters. The summed E-state index contributed by atoms with van der Waals surface area (Å²) < 4.78 is 7.85. The van der Waals surface area contributed by atoms with Crippen molar-refractivity contribution in [1.29, 1.82) is 0 Å². The zero-order valence-corrected chi connectivity index (χ0v) is 15.9. The fourth-order valence-corrected chi connectivity index (χ4v) is 3.61. The van der Waals surface area contributed by atoms with Gasteiger partial charge in [-0.05, 0) is 26.0 Å². The fraction of sp³-hybridized carbons (Fsp3) is 0.350. The van der Waals surface area contributed by atoms with Crippen LogP contribution >= 0.6 is 0 Å². The second-order valence-electron chi connectivity index (χ2n) is 7.28. The number of pyridine rings is 2. The average molecular weight is 375 g/mol. The minimum Gasteiger partial charge on any atom is -0.475 e. The van der Waals surface area contributed by atoms with Crippen LogP contribution in [0.2, 0.25) is 0 Å². The Hall–Kier alpha value is -3.29. The highest BCUT2D eigenvalue weighted by molar-refractivity contribution is 6.15. The molecule has 0 spiro atoms. The van der Waals surface area contributed by atoms with Gasteiger partial charge in [0.1, 0.15) is 12.1 Å². The smallest absolute Gasteiger partial charge is 0.214 e. The van der Waals surface area contributed by atoms with Crippen molar-refractivity contribution in [3.05, 3.63) is 59.4 Å². The predicted molar refractivity (Wildman–Crippen MR) is 105 cm³/mol. The normalized spacial score (nSPS) is 15.4. The van der Waals surface area contributed by atoms with Crippen LogP contribution in [0, 0.1) is 0 Å². The van der Waals surface area contributed by atoms with Gasteiger partial charge in [0.2, 0.25) is 5.88 Å². The van der Waals surface area contributed by atoms with E-state index in [2.05, 4.69) is 35.7 Å². The summed E-state index contributed by atoms with van der Waals surface area (Å²) >= 11 is 0. The number of ether oxygens (including phenoxy) is 1. The van der Waals surface area contributed by atoms with Gasteiger partial charge in [-0.2, -0.15) is 0 Å². The van der Waals surface area contributed by atoms with Crippen LogP contribution in [0.1, 0.15) is 36.4 Å². The molecule has 5 heterocycles. The molecule has 0 saturated heterocycles. The van der Waals surface area contributed by atoms with Crippen molar-refractivity contribution in [2.24, 2.45) is 4.99 Å². The van der Waals surface area contributed by atoms with Crippen LogP contribution < -0.4 is 9.64 Å². The SMILES string of the molecule is CC(C)Oc1cc2c(cn1)CN=C2c1ccnc(N2CCn3cnnc3C2)c1. The predicted octanol–water partition coefficient (Wildman–Crippen LogP) is 2.23. The van der Waals surface area contributed by atoms with Gasteiger partial charge in [0, 0.05) is 48.2 Å². The van der Waals surface area contributed by atoms with E-state index in [1.54, 1.807) is 6.33 Å². The molecule has 0 aromatic carbocycles. The second kappa shape index (κ2) is 6.70. The molecule has 5 rings (SSSR count). The largest absolute Gasteiger partial charge is 0.475 e. The molecule has 0 radical (unpaired) electrons. The van der Waals surface area contributed by atoms with Crippen LogP contribution in [0.3, 0.4) is 0 Å².